The van der Waals surface area contributed by atoms with E-state index in [2.05, 4.69) is 23.4 Å². The molecule has 0 spiro atoms. The third-order valence-corrected chi connectivity index (χ3v) is 4.32. The Morgan fingerprint density at radius 3 is 2.81 bits per heavy atom. The van der Waals surface area contributed by atoms with Gasteiger partial charge in [-0.1, -0.05) is 29.8 Å². The molecule has 140 valence electrons. The average molecular weight is 363 g/mol. The highest BCUT2D eigenvalue weighted by Gasteiger charge is 2.07. The van der Waals surface area contributed by atoms with E-state index in [1.165, 1.54) is 5.56 Å². The minimum absolute atomic E-state index is 0.0659. The topological polar surface area (TPSA) is 56.1 Å². The summed E-state index contributed by atoms with van der Waals surface area (Å²) in [5.74, 6) is 0.804. The van der Waals surface area contributed by atoms with Gasteiger partial charge in [-0.05, 0) is 55.7 Å². The molecule has 1 amide bonds. The molecule has 0 fully saturated rings. The van der Waals surface area contributed by atoms with Crippen molar-refractivity contribution in [3.63, 3.8) is 0 Å². The van der Waals surface area contributed by atoms with E-state index in [1.54, 1.807) is 6.20 Å². The van der Waals surface area contributed by atoms with Gasteiger partial charge in [0.05, 0.1) is 0 Å². The smallest absolute Gasteiger partial charge is 0.251 e. The molecule has 0 aliphatic rings. The standard InChI is InChI=1S/C22H25N3O2/c1-17-8-9-21(18(2)14-17)27-16-19-6-3-7-20(15-19)22(26)23-10-4-12-25-13-5-11-24-25/h3,5-9,11,13-15H,4,10,12,16H2,1-2H3,(H,23,26). The molecule has 0 aliphatic carbocycles. The van der Waals surface area contributed by atoms with Crippen molar-refractivity contribution in [3.05, 3.63) is 83.2 Å². The Bertz CT molecular complexity index is 888. The summed E-state index contributed by atoms with van der Waals surface area (Å²) in [6.07, 6.45) is 4.51. The molecule has 0 bridgehead atoms. The third kappa shape index (κ3) is 5.45. The first-order chi connectivity index (χ1) is 13.1. The predicted molar refractivity (Wildman–Crippen MR) is 106 cm³/mol. The Labute approximate surface area is 160 Å². The fourth-order valence-electron chi connectivity index (χ4n) is 2.90. The fourth-order valence-corrected chi connectivity index (χ4v) is 2.90. The average Bonchev–Trinajstić information content (AvgIpc) is 3.18. The lowest BCUT2D eigenvalue weighted by Crippen LogP contribution is -2.25. The molecule has 1 N–H and O–H groups in total. The minimum Gasteiger partial charge on any atom is -0.489 e. The van der Waals surface area contributed by atoms with Gasteiger partial charge in [0.15, 0.2) is 0 Å². The van der Waals surface area contributed by atoms with Crippen LogP contribution in [0.5, 0.6) is 5.75 Å². The highest BCUT2D eigenvalue weighted by Crippen LogP contribution is 2.20. The fraction of sp³-hybridized carbons (Fsp3) is 0.273. The van der Waals surface area contributed by atoms with Crippen molar-refractivity contribution in [1.82, 2.24) is 15.1 Å². The van der Waals surface area contributed by atoms with Crippen molar-refractivity contribution in [1.29, 1.82) is 0 Å². The van der Waals surface area contributed by atoms with Crippen LogP contribution >= 0.6 is 0 Å². The van der Waals surface area contributed by atoms with E-state index < -0.39 is 0 Å². The maximum atomic E-state index is 12.3. The van der Waals surface area contributed by atoms with E-state index in [0.29, 0.717) is 18.7 Å². The molecule has 5 nitrogen and oxygen atoms in total. The molecule has 3 rings (SSSR count). The van der Waals surface area contributed by atoms with Crippen LogP contribution in [0.2, 0.25) is 0 Å². The molecule has 0 unspecified atom stereocenters. The van der Waals surface area contributed by atoms with Crippen LogP contribution in [0.15, 0.2) is 60.9 Å². The lowest BCUT2D eigenvalue weighted by atomic mass is 10.1. The predicted octanol–water partition coefficient (Wildman–Crippen LogP) is 3.90. The molecule has 1 aromatic heterocycles. The Balaban J connectivity index is 1.50. The summed E-state index contributed by atoms with van der Waals surface area (Å²) in [4.78, 5) is 12.3. The number of hydrogen-bond donors (Lipinski definition) is 1. The number of aryl methyl sites for hydroxylation is 3. The van der Waals surface area contributed by atoms with Crippen LogP contribution in [-0.2, 0) is 13.2 Å². The van der Waals surface area contributed by atoms with E-state index in [9.17, 15) is 4.79 Å². The summed E-state index contributed by atoms with van der Waals surface area (Å²) < 4.78 is 7.77. The number of nitrogens with zero attached hydrogens (tertiary/aromatic N) is 2. The van der Waals surface area contributed by atoms with E-state index in [-0.39, 0.29) is 5.91 Å². The molecule has 27 heavy (non-hydrogen) atoms. The lowest BCUT2D eigenvalue weighted by molar-refractivity contribution is 0.0952. The number of aromatic nitrogens is 2. The summed E-state index contributed by atoms with van der Waals surface area (Å²) in [6.45, 7) is 5.94. The SMILES string of the molecule is Cc1ccc(OCc2cccc(C(=O)NCCCn3cccn3)c2)c(C)c1. The second kappa shape index (κ2) is 9.03. The van der Waals surface area contributed by atoms with Gasteiger partial charge >= 0.3 is 0 Å². The minimum atomic E-state index is -0.0659. The van der Waals surface area contributed by atoms with Crippen molar-refractivity contribution in [2.45, 2.75) is 33.4 Å². The number of ether oxygens (including phenoxy) is 1. The summed E-state index contributed by atoms with van der Waals surface area (Å²) in [5, 5.41) is 7.11. The van der Waals surface area contributed by atoms with Gasteiger partial charge < -0.3 is 10.1 Å². The van der Waals surface area contributed by atoms with Gasteiger partial charge in [0.1, 0.15) is 12.4 Å². The van der Waals surface area contributed by atoms with Gasteiger partial charge in [-0.3, -0.25) is 9.48 Å². The zero-order valence-electron chi connectivity index (χ0n) is 15.8. The summed E-state index contributed by atoms with van der Waals surface area (Å²) >= 11 is 0. The first-order valence-electron chi connectivity index (χ1n) is 9.16. The number of rotatable bonds is 8. The Hall–Kier alpha value is -3.08. The zero-order valence-corrected chi connectivity index (χ0v) is 15.8. The molecule has 0 saturated heterocycles. The number of benzene rings is 2. The Kier molecular flexibility index (Phi) is 6.26. The van der Waals surface area contributed by atoms with Crippen LogP contribution in [0.25, 0.3) is 0 Å². The molecule has 2 aromatic carbocycles. The Morgan fingerprint density at radius 1 is 1.15 bits per heavy atom. The van der Waals surface area contributed by atoms with Crippen molar-refractivity contribution in [3.8, 4) is 5.75 Å². The summed E-state index contributed by atoms with van der Waals surface area (Å²) in [6, 6.07) is 15.6. The molecule has 1 heterocycles. The second-order valence-corrected chi connectivity index (χ2v) is 6.64. The van der Waals surface area contributed by atoms with Gasteiger partial charge in [-0.2, -0.15) is 5.10 Å². The Morgan fingerprint density at radius 2 is 2.04 bits per heavy atom. The summed E-state index contributed by atoms with van der Waals surface area (Å²) in [7, 11) is 0. The normalized spacial score (nSPS) is 10.6. The van der Waals surface area contributed by atoms with E-state index >= 15 is 0 Å². The molecule has 3 aromatic rings. The maximum absolute atomic E-state index is 12.3. The lowest BCUT2D eigenvalue weighted by Gasteiger charge is -2.11. The number of carbonyl (C=O) groups is 1. The highest BCUT2D eigenvalue weighted by molar-refractivity contribution is 5.94. The van der Waals surface area contributed by atoms with E-state index in [1.807, 2.05) is 60.3 Å². The molecular weight excluding hydrogens is 338 g/mol. The van der Waals surface area contributed by atoms with Crippen molar-refractivity contribution in [2.75, 3.05) is 6.54 Å². The van der Waals surface area contributed by atoms with Crippen molar-refractivity contribution in [2.24, 2.45) is 0 Å². The van der Waals surface area contributed by atoms with Crippen LogP contribution < -0.4 is 10.1 Å². The number of carbonyl (C=O) groups excluding carboxylic acids is 1. The first-order valence-corrected chi connectivity index (χ1v) is 9.16. The van der Waals surface area contributed by atoms with Gasteiger partial charge in [0.25, 0.3) is 5.91 Å². The molecular formula is C22H25N3O2. The molecule has 0 saturated carbocycles. The number of nitrogens with one attached hydrogen (secondary N) is 1. The highest BCUT2D eigenvalue weighted by atomic mass is 16.5. The quantitative estimate of drug-likeness (QED) is 0.618. The van der Waals surface area contributed by atoms with Crippen molar-refractivity contribution < 1.29 is 9.53 Å². The van der Waals surface area contributed by atoms with Crippen LogP contribution in [0, 0.1) is 13.8 Å². The first kappa shape index (κ1) is 18.7. The van der Waals surface area contributed by atoms with Gasteiger partial charge in [-0.25, -0.2) is 0 Å². The summed E-state index contributed by atoms with van der Waals surface area (Å²) in [5.41, 5.74) is 3.95. The van der Waals surface area contributed by atoms with Crippen molar-refractivity contribution >= 4 is 5.91 Å². The van der Waals surface area contributed by atoms with Crippen LogP contribution in [0.4, 0.5) is 0 Å². The van der Waals surface area contributed by atoms with Gasteiger partial charge in [0, 0.05) is 31.0 Å². The van der Waals surface area contributed by atoms with E-state index in [4.69, 9.17) is 4.74 Å². The number of hydrogen-bond acceptors (Lipinski definition) is 3. The molecule has 5 heteroatoms. The number of amides is 1. The van der Waals surface area contributed by atoms with E-state index in [0.717, 1.165) is 29.8 Å². The maximum Gasteiger partial charge on any atom is 0.251 e. The second-order valence-electron chi connectivity index (χ2n) is 6.64. The third-order valence-electron chi connectivity index (χ3n) is 4.32. The molecule has 0 aliphatic heterocycles. The van der Waals surface area contributed by atoms with Gasteiger partial charge in [0.2, 0.25) is 0 Å². The van der Waals surface area contributed by atoms with Gasteiger partial charge in [-0.15, -0.1) is 0 Å². The van der Waals surface area contributed by atoms with Crippen LogP contribution in [0.3, 0.4) is 0 Å². The zero-order chi connectivity index (χ0) is 19.1. The molecule has 0 radical (unpaired) electrons. The monoisotopic (exact) mass is 363 g/mol. The molecule has 0 atom stereocenters. The van der Waals surface area contributed by atoms with Crippen LogP contribution in [0.1, 0.15) is 33.5 Å². The van der Waals surface area contributed by atoms with Crippen LogP contribution in [-0.4, -0.2) is 22.2 Å². The largest absolute Gasteiger partial charge is 0.489 e.